The van der Waals surface area contributed by atoms with E-state index in [4.69, 9.17) is 11.6 Å². The van der Waals surface area contributed by atoms with Crippen molar-refractivity contribution >= 4 is 17.5 Å². The van der Waals surface area contributed by atoms with Gasteiger partial charge in [-0.2, -0.15) is 0 Å². The predicted octanol–water partition coefficient (Wildman–Crippen LogP) is 1.43. The molecule has 0 bridgehead atoms. The second-order valence-corrected chi connectivity index (χ2v) is 3.38. The third-order valence-corrected chi connectivity index (χ3v) is 2.16. The van der Waals surface area contributed by atoms with Gasteiger partial charge in [-0.25, -0.2) is 4.98 Å². The summed E-state index contributed by atoms with van der Waals surface area (Å²) >= 11 is 5.73. The van der Waals surface area contributed by atoms with E-state index in [2.05, 4.69) is 16.4 Å². The van der Waals surface area contributed by atoms with Crippen LogP contribution in [0, 0.1) is 6.07 Å². The molecule has 4 heteroatoms. The lowest BCUT2D eigenvalue weighted by Gasteiger charge is -2.03. The van der Waals surface area contributed by atoms with Crippen molar-refractivity contribution in [3.8, 4) is 0 Å². The van der Waals surface area contributed by atoms with Gasteiger partial charge in [0, 0.05) is 18.3 Å². The van der Waals surface area contributed by atoms with Crippen molar-refractivity contribution in [2.24, 2.45) is 0 Å². The standard InChI is InChI=1S/C9H8ClN2O/c10-8-7(2-1-5-11-8)9(13)12-6-3-4-6/h2,5-6H,3-4H2,(H,12,13). The number of nitrogens with zero attached hydrogens (tertiary/aromatic N) is 1. The first-order chi connectivity index (χ1) is 6.27. The van der Waals surface area contributed by atoms with Gasteiger partial charge in [0.1, 0.15) is 5.15 Å². The lowest BCUT2D eigenvalue weighted by molar-refractivity contribution is 0.0951. The summed E-state index contributed by atoms with van der Waals surface area (Å²) < 4.78 is 0. The minimum atomic E-state index is -0.156. The van der Waals surface area contributed by atoms with Gasteiger partial charge >= 0.3 is 0 Å². The number of nitrogens with one attached hydrogen (secondary N) is 1. The summed E-state index contributed by atoms with van der Waals surface area (Å²) in [6, 6.07) is 4.61. The van der Waals surface area contributed by atoms with E-state index in [1.165, 1.54) is 6.20 Å². The van der Waals surface area contributed by atoms with Crippen LogP contribution in [0.15, 0.2) is 12.3 Å². The Morgan fingerprint density at radius 2 is 2.46 bits per heavy atom. The molecule has 3 nitrogen and oxygen atoms in total. The highest BCUT2D eigenvalue weighted by Crippen LogP contribution is 2.20. The monoisotopic (exact) mass is 195 g/mol. The van der Waals surface area contributed by atoms with E-state index < -0.39 is 0 Å². The summed E-state index contributed by atoms with van der Waals surface area (Å²) in [6.07, 6.45) is 3.57. The van der Waals surface area contributed by atoms with Gasteiger partial charge in [0.25, 0.3) is 5.91 Å². The van der Waals surface area contributed by atoms with Gasteiger partial charge in [-0.3, -0.25) is 4.79 Å². The highest BCUT2D eigenvalue weighted by molar-refractivity contribution is 6.32. The highest BCUT2D eigenvalue weighted by atomic mass is 35.5. The third kappa shape index (κ3) is 1.98. The fraction of sp³-hybridized carbons (Fsp3) is 0.333. The maximum atomic E-state index is 11.5. The quantitative estimate of drug-likeness (QED) is 0.726. The number of halogens is 1. The van der Waals surface area contributed by atoms with E-state index in [1.54, 1.807) is 6.07 Å². The van der Waals surface area contributed by atoms with Crippen LogP contribution in [-0.4, -0.2) is 16.9 Å². The van der Waals surface area contributed by atoms with Gasteiger partial charge in [-0.1, -0.05) is 11.6 Å². The molecule has 0 unspecified atom stereocenters. The normalized spacial score (nSPS) is 15.5. The Bertz CT molecular complexity index is 336. The molecule has 1 aliphatic carbocycles. The fourth-order valence-corrected chi connectivity index (χ4v) is 1.18. The molecule has 1 fully saturated rings. The third-order valence-electron chi connectivity index (χ3n) is 1.86. The van der Waals surface area contributed by atoms with E-state index in [0.717, 1.165) is 12.8 Å². The van der Waals surface area contributed by atoms with Gasteiger partial charge < -0.3 is 5.32 Å². The predicted molar refractivity (Wildman–Crippen MR) is 48.6 cm³/mol. The van der Waals surface area contributed by atoms with E-state index in [9.17, 15) is 4.79 Å². The zero-order valence-electron chi connectivity index (χ0n) is 6.88. The zero-order valence-corrected chi connectivity index (χ0v) is 7.64. The van der Waals surface area contributed by atoms with E-state index in [-0.39, 0.29) is 11.1 Å². The summed E-state index contributed by atoms with van der Waals surface area (Å²) in [6.45, 7) is 0. The molecule has 1 N–H and O–H groups in total. The minimum absolute atomic E-state index is 0.156. The summed E-state index contributed by atoms with van der Waals surface area (Å²) in [4.78, 5) is 15.2. The summed E-state index contributed by atoms with van der Waals surface area (Å²) in [5, 5.41) is 3.06. The molecule has 1 amide bonds. The maximum Gasteiger partial charge on any atom is 0.254 e. The SMILES string of the molecule is O=C(NC1CC1)c1c[c]cnc1Cl. The lowest BCUT2D eigenvalue weighted by atomic mass is 10.2. The zero-order chi connectivity index (χ0) is 9.26. The van der Waals surface area contributed by atoms with Crippen LogP contribution in [-0.2, 0) is 0 Å². The number of pyridine rings is 1. The van der Waals surface area contributed by atoms with Crippen LogP contribution >= 0.6 is 11.6 Å². The Morgan fingerprint density at radius 3 is 3.08 bits per heavy atom. The van der Waals surface area contributed by atoms with Crippen LogP contribution in [0.4, 0.5) is 0 Å². The van der Waals surface area contributed by atoms with Crippen molar-refractivity contribution in [2.45, 2.75) is 18.9 Å². The van der Waals surface area contributed by atoms with E-state index in [0.29, 0.717) is 11.6 Å². The number of carbonyl (C=O) groups is 1. The minimum Gasteiger partial charge on any atom is -0.349 e. The summed E-state index contributed by atoms with van der Waals surface area (Å²) in [5.41, 5.74) is 0.399. The van der Waals surface area contributed by atoms with Gasteiger partial charge in [-0.15, -0.1) is 0 Å². The van der Waals surface area contributed by atoms with E-state index in [1.807, 2.05) is 0 Å². The molecule has 1 aromatic heterocycles. The molecule has 1 heterocycles. The first-order valence-corrected chi connectivity index (χ1v) is 4.47. The van der Waals surface area contributed by atoms with Gasteiger partial charge in [-0.05, 0) is 18.9 Å². The molecular weight excluding hydrogens is 188 g/mol. The number of aromatic nitrogens is 1. The Balaban J connectivity index is 2.13. The van der Waals surface area contributed by atoms with E-state index >= 15 is 0 Å². The fourth-order valence-electron chi connectivity index (χ4n) is 0.994. The molecular formula is C9H8ClN2O. The molecule has 1 radical (unpaired) electrons. The highest BCUT2D eigenvalue weighted by Gasteiger charge is 2.24. The smallest absolute Gasteiger partial charge is 0.254 e. The number of amides is 1. The average Bonchev–Trinajstić information content (AvgIpc) is 2.89. The number of hydrogen-bond acceptors (Lipinski definition) is 2. The molecule has 0 aliphatic heterocycles. The summed E-state index contributed by atoms with van der Waals surface area (Å²) in [7, 11) is 0. The molecule has 1 aromatic rings. The van der Waals surface area contributed by atoms with Crippen LogP contribution in [0.3, 0.4) is 0 Å². The molecule has 0 atom stereocenters. The van der Waals surface area contributed by atoms with Crippen LogP contribution in [0.25, 0.3) is 0 Å². The maximum absolute atomic E-state index is 11.5. The molecule has 67 valence electrons. The largest absolute Gasteiger partial charge is 0.349 e. The lowest BCUT2D eigenvalue weighted by Crippen LogP contribution is -2.25. The molecule has 1 saturated carbocycles. The summed E-state index contributed by atoms with van der Waals surface area (Å²) in [5.74, 6) is -0.156. The Labute approximate surface area is 81.1 Å². The van der Waals surface area contributed by atoms with Crippen LogP contribution in [0.1, 0.15) is 23.2 Å². The van der Waals surface area contributed by atoms with Crippen molar-refractivity contribution in [1.29, 1.82) is 0 Å². The van der Waals surface area contributed by atoms with Crippen LogP contribution in [0.2, 0.25) is 5.15 Å². The van der Waals surface area contributed by atoms with Crippen LogP contribution < -0.4 is 5.32 Å². The second-order valence-electron chi connectivity index (χ2n) is 3.02. The van der Waals surface area contributed by atoms with Crippen LogP contribution in [0.5, 0.6) is 0 Å². The first kappa shape index (κ1) is 8.51. The Morgan fingerprint density at radius 1 is 1.69 bits per heavy atom. The number of rotatable bonds is 2. The second kappa shape index (κ2) is 3.34. The first-order valence-electron chi connectivity index (χ1n) is 4.10. The Kier molecular flexibility index (Phi) is 2.19. The Hall–Kier alpha value is -1.09. The number of hydrogen-bond donors (Lipinski definition) is 1. The van der Waals surface area contributed by atoms with Gasteiger partial charge in [0.2, 0.25) is 0 Å². The van der Waals surface area contributed by atoms with Gasteiger partial charge in [0.15, 0.2) is 0 Å². The molecule has 13 heavy (non-hydrogen) atoms. The molecule has 2 rings (SSSR count). The molecule has 0 saturated heterocycles. The van der Waals surface area contributed by atoms with Gasteiger partial charge in [0.05, 0.1) is 5.56 Å². The molecule has 0 aromatic carbocycles. The number of carbonyl (C=O) groups excluding carboxylic acids is 1. The van der Waals surface area contributed by atoms with Crippen molar-refractivity contribution in [2.75, 3.05) is 0 Å². The molecule has 0 spiro atoms. The van der Waals surface area contributed by atoms with Crippen molar-refractivity contribution in [3.05, 3.63) is 29.0 Å². The topological polar surface area (TPSA) is 42.0 Å². The van der Waals surface area contributed by atoms with Crippen molar-refractivity contribution < 1.29 is 4.79 Å². The van der Waals surface area contributed by atoms with Crippen molar-refractivity contribution in [1.82, 2.24) is 10.3 Å². The van der Waals surface area contributed by atoms with Crippen molar-refractivity contribution in [3.63, 3.8) is 0 Å². The average molecular weight is 196 g/mol. The molecule has 1 aliphatic rings.